The highest BCUT2D eigenvalue weighted by Crippen LogP contribution is 2.21. The Balaban J connectivity index is 2.36. The van der Waals surface area contributed by atoms with Crippen LogP contribution in [0.5, 0.6) is 0 Å². The van der Waals surface area contributed by atoms with E-state index in [1.165, 1.54) is 17.0 Å². The summed E-state index contributed by atoms with van der Waals surface area (Å²) in [6.07, 6.45) is 2.68. The topological polar surface area (TPSA) is 20.2 Å². The Bertz CT molecular complexity index is 503. The van der Waals surface area contributed by atoms with Crippen molar-refractivity contribution >= 4 is 10.9 Å². The Morgan fingerprint density at radius 1 is 1.19 bits per heavy atom. The van der Waals surface area contributed by atoms with Gasteiger partial charge in [0.15, 0.2) is 11.6 Å². The van der Waals surface area contributed by atoms with Gasteiger partial charge in [0.25, 0.3) is 0 Å². The molecule has 0 spiro atoms. The van der Waals surface area contributed by atoms with Crippen molar-refractivity contribution in [2.75, 3.05) is 20.6 Å². The summed E-state index contributed by atoms with van der Waals surface area (Å²) in [5, 5.41) is 0.778. The van der Waals surface area contributed by atoms with Crippen LogP contribution in [-0.2, 0) is 6.42 Å². The minimum Gasteiger partial charge on any atom is -0.361 e. The van der Waals surface area contributed by atoms with Crippen molar-refractivity contribution in [1.29, 1.82) is 0 Å². The van der Waals surface area contributed by atoms with E-state index in [2.05, 4.69) is 19.1 Å². The quantitative estimate of drug-likeness (QED) is 0.781. The highest BCUT2D eigenvalue weighted by molar-refractivity contribution is 5.83. The molecule has 2 nitrogen and oxygen atoms in total. The van der Waals surface area contributed by atoms with E-state index >= 15 is 0 Å². The molecule has 0 aliphatic carbocycles. The zero-order valence-electron chi connectivity index (χ0n) is 9.40. The summed E-state index contributed by atoms with van der Waals surface area (Å²) in [4.78, 5) is 4.29. The Kier molecular flexibility index (Phi) is 2.92. The van der Waals surface area contributed by atoms with E-state index in [9.17, 15) is 8.78 Å². The van der Waals surface area contributed by atoms with E-state index in [1.54, 1.807) is 0 Å². The molecule has 0 saturated carbocycles. The van der Waals surface area contributed by atoms with Gasteiger partial charge in [-0.15, -0.1) is 0 Å². The summed E-state index contributed by atoms with van der Waals surface area (Å²) in [7, 11) is 4.13. The molecule has 0 fully saturated rings. The average molecular weight is 225 g/mol. The summed E-state index contributed by atoms with van der Waals surface area (Å²) < 4.78 is 26.1. The van der Waals surface area contributed by atoms with Gasteiger partial charge in [0.2, 0.25) is 0 Å². The minimum atomic E-state index is -0.806. The molecule has 1 aromatic heterocycles. The van der Waals surface area contributed by atoms with E-state index < -0.39 is 11.6 Å². The van der Waals surface area contributed by atoms with Gasteiger partial charge in [-0.25, -0.2) is 8.78 Å². The highest BCUT2D eigenvalue weighted by Gasteiger charge is 2.09. The van der Waals surface area contributed by atoms with Gasteiger partial charge >= 0.3 is 0 Å². The lowest BCUT2D eigenvalue weighted by Crippen LogP contribution is -3.05. The van der Waals surface area contributed by atoms with Crippen LogP contribution in [-0.4, -0.2) is 25.6 Å². The van der Waals surface area contributed by atoms with Crippen molar-refractivity contribution in [3.05, 3.63) is 35.5 Å². The molecule has 0 aliphatic rings. The van der Waals surface area contributed by atoms with Crippen LogP contribution in [0, 0.1) is 11.6 Å². The first-order chi connectivity index (χ1) is 7.58. The normalized spacial score (nSPS) is 11.6. The molecule has 2 aromatic rings. The molecule has 0 saturated heterocycles. The van der Waals surface area contributed by atoms with E-state index in [1.807, 2.05) is 6.20 Å². The summed E-state index contributed by atoms with van der Waals surface area (Å²) in [6, 6.07) is 2.47. The number of nitrogens with one attached hydrogen (secondary N) is 2. The number of likely N-dealkylation sites (N-methyl/N-ethyl adjacent to an activating group) is 1. The maximum atomic E-state index is 13.1. The van der Waals surface area contributed by atoms with Crippen molar-refractivity contribution in [3.8, 4) is 0 Å². The standard InChI is InChI=1S/C12H14F2N2/c1-16(2)4-3-8-7-15-12-6-11(14)10(13)5-9(8)12/h5-7,15H,3-4H2,1-2H3/p+1. The second-order valence-electron chi connectivity index (χ2n) is 4.33. The van der Waals surface area contributed by atoms with Crippen LogP contribution in [0.3, 0.4) is 0 Å². The molecule has 0 bridgehead atoms. The number of aromatic nitrogens is 1. The van der Waals surface area contributed by atoms with Crippen molar-refractivity contribution in [2.45, 2.75) is 6.42 Å². The van der Waals surface area contributed by atoms with Gasteiger partial charge in [-0.2, -0.15) is 0 Å². The number of halogens is 2. The first-order valence-electron chi connectivity index (χ1n) is 5.32. The number of quaternary nitrogens is 1. The number of hydrogen-bond acceptors (Lipinski definition) is 0. The molecule has 1 aromatic carbocycles. The number of hydrogen-bond donors (Lipinski definition) is 2. The Morgan fingerprint density at radius 3 is 2.56 bits per heavy atom. The Morgan fingerprint density at radius 2 is 1.88 bits per heavy atom. The predicted octanol–water partition coefficient (Wildman–Crippen LogP) is 1.13. The molecule has 1 heterocycles. The molecule has 0 unspecified atom stereocenters. The zero-order chi connectivity index (χ0) is 11.7. The molecular formula is C12H15F2N2+. The van der Waals surface area contributed by atoms with E-state index in [0.717, 1.165) is 23.9 Å². The van der Waals surface area contributed by atoms with Crippen molar-refractivity contribution < 1.29 is 13.7 Å². The minimum absolute atomic E-state index is 0.655. The van der Waals surface area contributed by atoms with Gasteiger partial charge in [0.1, 0.15) is 0 Å². The maximum Gasteiger partial charge on any atom is 0.160 e. The molecule has 2 N–H and O–H groups in total. The Hall–Kier alpha value is -1.42. The molecule has 0 radical (unpaired) electrons. The number of rotatable bonds is 3. The van der Waals surface area contributed by atoms with Gasteiger partial charge in [-0.1, -0.05) is 0 Å². The Labute approximate surface area is 92.9 Å². The number of benzene rings is 1. The number of H-pyrrole nitrogens is 1. The number of aromatic amines is 1. The summed E-state index contributed by atoms with van der Waals surface area (Å²) in [5.41, 5.74) is 1.69. The van der Waals surface area contributed by atoms with Crippen molar-refractivity contribution in [2.24, 2.45) is 0 Å². The fourth-order valence-electron chi connectivity index (χ4n) is 1.77. The first kappa shape index (κ1) is 11.1. The molecule has 0 amide bonds. The average Bonchev–Trinajstić information content (AvgIpc) is 2.58. The first-order valence-corrected chi connectivity index (χ1v) is 5.32. The second-order valence-corrected chi connectivity index (χ2v) is 4.33. The van der Waals surface area contributed by atoms with Crippen molar-refractivity contribution in [1.82, 2.24) is 4.98 Å². The van der Waals surface area contributed by atoms with Crippen LogP contribution in [0.2, 0.25) is 0 Å². The van der Waals surface area contributed by atoms with Crippen LogP contribution < -0.4 is 4.90 Å². The summed E-state index contributed by atoms with van der Waals surface area (Å²) in [5.74, 6) is -1.59. The fourth-order valence-corrected chi connectivity index (χ4v) is 1.77. The third kappa shape index (κ3) is 2.07. The van der Waals surface area contributed by atoms with Crippen LogP contribution in [0.4, 0.5) is 8.78 Å². The SMILES string of the molecule is C[NH+](C)CCc1c[nH]c2cc(F)c(F)cc12. The van der Waals surface area contributed by atoms with Crippen LogP contribution in [0.25, 0.3) is 10.9 Å². The third-order valence-corrected chi connectivity index (χ3v) is 2.70. The predicted molar refractivity (Wildman–Crippen MR) is 59.6 cm³/mol. The van der Waals surface area contributed by atoms with Crippen LogP contribution >= 0.6 is 0 Å². The van der Waals surface area contributed by atoms with Gasteiger partial charge in [-0.05, 0) is 11.6 Å². The fraction of sp³-hybridized carbons (Fsp3) is 0.333. The molecule has 2 rings (SSSR count). The monoisotopic (exact) mass is 225 g/mol. The van der Waals surface area contributed by atoms with Gasteiger partial charge < -0.3 is 9.88 Å². The van der Waals surface area contributed by atoms with Gasteiger partial charge in [-0.3, -0.25) is 0 Å². The molecule has 0 atom stereocenters. The lowest BCUT2D eigenvalue weighted by molar-refractivity contribution is -0.858. The van der Waals surface area contributed by atoms with Gasteiger partial charge in [0, 0.05) is 29.6 Å². The third-order valence-electron chi connectivity index (χ3n) is 2.70. The summed E-state index contributed by atoms with van der Waals surface area (Å²) >= 11 is 0. The molecule has 16 heavy (non-hydrogen) atoms. The van der Waals surface area contributed by atoms with Crippen molar-refractivity contribution in [3.63, 3.8) is 0 Å². The largest absolute Gasteiger partial charge is 0.361 e. The molecule has 0 aliphatic heterocycles. The highest BCUT2D eigenvalue weighted by atomic mass is 19.2. The number of fused-ring (bicyclic) bond motifs is 1. The van der Waals surface area contributed by atoms with E-state index in [-0.39, 0.29) is 0 Å². The maximum absolute atomic E-state index is 13.1. The van der Waals surface area contributed by atoms with E-state index in [4.69, 9.17) is 0 Å². The molecule has 86 valence electrons. The second kappa shape index (κ2) is 4.22. The smallest absolute Gasteiger partial charge is 0.160 e. The lowest BCUT2D eigenvalue weighted by Gasteiger charge is -2.05. The zero-order valence-corrected chi connectivity index (χ0v) is 9.40. The summed E-state index contributed by atoms with van der Waals surface area (Å²) in [6.45, 7) is 0.964. The molecular weight excluding hydrogens is 210 g/mol. The lowest BCUT2D eigenvalue weighted by atomic mass is 10.1. The molecule has 4 heteroatoms. The van der Waals surface area contributed by atoms with E-state index in [0.29, 0.717) is 5.52 Å². The van der Waals surface area contributed by atoms with Crippen LogP contribution in [0.1, 0.15) is 5.56 Å². The van der Waals surface area contributed by atoms with Crippen LogP contribution in [0.15, 0.2) is 18.3 Å². The van der Waals surface area contributed by atoms with Gasteiger partial charge in [0.05, 0.1) is 20.6 Å².